The van der Waals surface area contributed by atoms with Crippen LogP contribution < -0.4 is 5.32 Å². The first-order chi connectivity index (χ1) is 7.97. The maximum Gasteiger partial charge on any atom is 0.319 e. The minimum atomic E-state index is -3.90. The Hall–Kier alpha value is -0.360. The van der Waals surface area contributed by atoms with Crippen molar-refractivity contribution < 1.29 is 17.6 Å². The second-order valence-corrected chi connectivity index (χ2v) is 4.53. The van der Waals surface area contributed by atoms with Gasteiger partial charge >= 0.3 is 12.3 Å². The molecule has 0 bridgehead atoms. The van der Waals surface area contributed by atoms with Crippen LogP contribution in [-0.2, 0) is 0 Å². The van der Waals surface area contributed by atoms with Gasteiger partial charge in [-0.05, 0) is 32.4 Å². The molecule has 1 rings (SSSR count). The average molecular weight is 256 g/mol. The summed E-state index contributed by atoms with van der Waals surface area (Å²) >= 11 is 0. The number of nitrogens with one attached hydrogen (secondary N) is 1. The third-order valence-electron chi connectivity index (χ3n) is 3.04. The molecule has 2 nitrogen and oxygen atoms in total. The van der Waals surface area contributed by atoms with Gasteiger partial charge in [0.05, 0.1) is 6.54 Å². The third kappa shape index (κ3) is 4.43. The standard InChI is InChI=1S/C11H20F4N2/c1-2-5-16-7-9-4-3-6-17(9)8-11(14,15)10(12)13/h9-10,16H,2-8H2,1H3. The molecule has 0 saturated carbocycles. The molecule has 1 fully saturated rings. The predicted molar refractivity (Wildman–Crippen MR) is 58.7 cm³/mol. The van der Waals surface area contributed by atoms with Crippen LogP contribution in [0.2, 0.25) is 0 Å². The fraction of sp³-hybridized carbons (Fsp3) is 1.00. The van der Waals surface area contributed by atoms with Crippen molar-refractivity contribution in [3.8, 4) is 0 Å². The Morgan fingerprint density at radius 3 is 2.71 bits per heavy atom. The maximum absolute atomic E-state index is 12.9. The SMILES string of the molecule is CCCNCC1CCCN1CC(F)(F)C(F)F. The summed E-state index contributed by atoms with van der Waals surface area (Å²) in [6.07, 6.45) is -0.999. The first kappa shape index (κ1) is 14.7. The Labute approximate surface area is 99.4 Å². The number of nitrogens with zero attached hydrogens (tertiary/aromatic N) is 1. The summed E-state index contributed by atoms with van der Waals surface area (Å²) in [6.45, 7) is 3.11. The number of halogens is 4. The molecule has 1 unspecified atom stereocenters. The molecule has 1 N–H and O–H groups in total. The summed E-state index contributed by atoms with van der Waals surface area (Å²) in [7, 11) is 0. The number of likely N-dealkylation sites (tertiary alicyclic amines) is 1. The second kappa shape index (κ2) is 6.54. The van der Waals surface area contributed by atoms with Crippen molar-refractivity contribution in [2.75, 3.05) is 26.2 Å². The van der Waals surface area contributed by atoms with Crippen molar-refractivity contribution in [2.45, 2.75) is 44.6 Å². The van der Waals surface area contributed by atoms with Crippen LogP contribution in [0, 0.1) is 0 Å². The van der Waals surface area contributed by atoms with Crippen LogP contribution in [0.4, 0.5) is 17.6 Å². The zero-order valence-corrected chi connectivity index (χ0v) is 10.1. The van der Waals surface area contributed by atoms with Crippen LogP contribution >= 0.6 is 0 Å². The predicted octanol–water partition coefficient (Wildman–Crippen LogP) is 2.35. The molecule has 6 heteroatoms. The monoisotopic (exact) mass is 256 g/mol. The number of hydrogen-bond donors (Lipinski definition) is 1. The van der Waals surface area contributed by atoms with Gasteiger partial charge in [0.25, 0.3) is 0 Å². The van der Waals surface area contributed by atoms with Crippen molar-refractivity contribution in [3.05, 3.63) is 0 Å². The molecule has 1 saturated heterocycles. The Morgan fingerprint density at radius 1 is 1.41 bits per heavy atom. The van der Waals surface area contributed by atoms with Gasteiger partial charge in [0.1, 0.15) is 0 Å². The molecule has 1 heterocycles. The minimum absolute atomic E-state index is 0.0359. The number of hydrogen-bond acceptors (Lipinski definition) is 2. The summed E-state index contributed by atoms with van der Waals surface area (Å²) < 4.78 is 50.1. The molecule has 0 spiro atoms. The van der Waals surface area contributed by atoms with Gasteiger partial charge in [-0.25, -0.2) is 8.78 Å². The van der Waals surface area contributed by atoms with E-state index in [1.165, 1.54) is 4.90 Å². The molecule has 0 aliphatic carbocycles. The van der Waals surface area contributed by atoms with E-state index in [1.54, 1.807) is 0 Å². The van der Waals surface area contributed by atoms with Gasteiger partial charge in [-0.2, -0.15) is 8.78 Å². The second-order valence-electron chi connectivity index (χ2n) is 4.53. The zero-order valence-electron chi connectivity index (χ0n) is 10.1. The molecule has 1 atom stereocenters. The number of alkyl halides is 4. The highest BCUT2D eigenvalue weighted by atomic mass is 19.3. The van der Waals surface area contributed by atoms with Crippen LogP contribution in [0.15, 0.2) is 0 Å². The highest BCUT2D eigenvalue weighted by molar-refractivity contribution is 4.85. The van der Waals surface area contributed by atoms with Gasteiger partial charge in [-0.1, -0.05) is 6.92 Å². The van der Waals surface area contributed by atoms with Gasteiger partial charge in [0.15, 0.2) is 0 Å². The fourth-order valence-corrected chi connectivity index (χ4v) is 2.12. The van der Waals surface area contributed by atoms with E-state index in [4.69, 9.17) is 0 Å². The molecule has 0 aromatic rings. The van der Waals surface area contributed by atoms with Crippen molar-refractivity contribution in [3.63, 3.8) is 0 Å². The lowest BCUT2D eigenvalue weighted by Gasteiger charge is -2.28. The van der Waals surface area contributed by atoms with Crippen molar-refractivity contribution in [1.29, 1.82) is 0 Å². The van der Waals surface area contributed by atoms with Crippen molar-refractivity contribution in [1.82, 2.24) is 10.2 Å². The summed E-state index contributed by atoms with van der Waals surface area (Å²) in [6, 6.07) is -0.0359. The summed E-state index contributed by atoms with van der Waals surface area (Å²) in [4.78, 5) is 1.48. The van der Waals surface area contributed by atoms with Gasteiger partial charge in [-0.3, -0.25) is 4.90 Å². The van der Waals surface area contributed by atoms with Crippen LogP contribution in [0.25, 0.3) is 0 Å². The first-order valence-electron chi connectivity index (χ1n) is 6.08. The smallest absolute Gasteiger partial charge is 0.315 e. The normalized spacial score (nSPS) is 22.6. The van der Waals surface area contributed by atoms with Crippen LogP contribution in [0.5, 0.6) is 0 Å². The van der Waals surface area contributed by atoms with E-state index in [0.29, 0.717) is 13.1 Å². The lowest BCUT2D eigenvalue weighted by Crippen LogP contribution is -2.46. The van der Waals surface area contributed by atoms with Crippen molar-refractivity contribution >= 4 is 0 Å². The fourth-order valence-electron chi connectivity index (χ4n) is 2.12. The highest BCUT2D eigenvalue weighted by Crippen LogP contribution is 2.27. The summed E-state index contributed by atoms with van der Waals surface area (Å²) in [5, 5.41) is 3.15. The molecule has 1 aliphatic heterocycles. The highest BCUT2D eigenvalue weighted by Gasteiger charge is 2.44. The molecule has 0 amide bonds. The molecule has 1 aliphatic rings. The molecule has 0 aromatic carbocycles. The molecule has 102 valence electrons. The molecule has 0 aromatic heterocycles. The molecular weight excluding hydrogens is 236 g/mol. The van der Waals surface area contributed by atoms with E-state index in [9.17, 15) is 17.6 Å². The summed E-state index contributed by atoms with van der Waals surface area (Å²) in [5.74, 6) is -3.90. The largest absolute Gasteiger partial charge is 0.319 e. The van der Waals surface area contributed by atoms with Crippen LogP contribution in [0.1, 0.15) is 26.2 Å². The zero-order chi connectivity index (χ0) is 12.9. The third-order valence-corrected chi connectivity index (χ3v) is 3.04. The van der Waals surface area contributed by atoms with E-state index in [1.807, 2.05) is 6.92 Å². The Balaban J connectivity index is 2.41. The van der Waals surface area contributed by atoms with Crippen molar-refractivity contribution in [2.24, 2.45) is 0 Å². The molecule has 0 radical (unpaired) electrons. The Kier molecular flexibility index (Phi) is 5.66. The van der Waals surface area contributed by atoms with Gasteiger partial charge in [0, 0.05) is 12.6 Å². The summed E-state index contributed by atoms with van der Waals surface area (Å²) in [5.41, 5.74) is 0. The van der Waals surface area contributed by atoms with E-state index < -0.39 is 18.9 Å². The first-order valence-corrected chi connectivity index (χ1v) is 6.08. The van der Waals surface area contributed by atoms with E-state index in [0.717, 1.165) is 25.8 Å². The number of rotatable bonds is 7. The molecular formula is C11H20F4N2. The Bertz CT molecular complexity index is 224. The minimum Gasteiger partial charge on any atom is -0.315 e. The van der Waals surface area contributed by atoms with Gasteiger partial charge in [-0.15, -0.1) is 0 Å². The van der Waals surface area contributed by atoms with Gasteiger partial charge in [0.2, 0.25) is 0 Å². The average Bonchev–Trinajstić information content (AvgIpc) is 2.65. The van der Waals surface area contributed by atoms with E-state index >= 15 is 0 Å². The lowest BCUT2D eigenvalue weighted by atomic mass is 10.2. The Morgan fingerprint density at radius 2 is 2.12 bits per heavy atom. The van der Waals surface area contributed by atoms with E-state index in [-0.39, 0.29) is 6.04 Å². The van der Waals surface area contributed by atoms with Crippen LogP contribution in [0.3, 0.4) is 0 Å². The van der Waals surface area contributed by atoms with Crippen LogP contribution in [-0.4, -0.2) is 49.5 Å². The quantitative estimate of drug-likeness (QED) is 0.555. The van der Waals surface area contributed by atoms with Gasteiger partial charge < -0.3 is 5.32 Å². The lowest BCUT2D eigenvalue weighted by molar-refractivity contribution is -0.143. The van der Waals surface area contributed by atoms with E-state index in [2.05, 4.69) is 5.32 Å². The molecule has 17 heavy (non-hydrogen) atoms. The topological polar surface area (TPSA) is 15.3 Å². The maximum atomic E-state index is 12.9.